The lowest BCUT2D eigenvalue weighted by Gasteiger charge is -2.25. The molecule has 2 N–H and O–H groups in total. The van der Waals surface area contributed by atoms with Gasteiger partial charge in [0.25, 0.3) is 11.7 Å². The number of benzene rings is 1. The van der Waals surface area contributed by atoms with Crippen LogP contribution in [-0.2, 0) is 9.59 Å². The summed E-state index contributed by atoms with van der Waals surface area (Å²) in [6.07, 6.45) is 5.61. The van der Waals surface area contributed by atoms with Gasteiger partial charge in [0, 0.05) is 24.5 Å². The lowest BCUT2D eigenvalue weighted by molar-refractivity contribution is -0.139. The van der Waals surface area contributed by atoms with Crippen molar-refractivity contribution in [2.75, 3.05) is 13.7 Å². The van der Waals surface area contributed by atoms with Gasteiger partial charge in [0.15, 0.2) is 11.5 Å². The average Bonchev–Trinajstić information content (AvgIpc) is 2.99. The summed E-state index contributed by atoms with van der Waals surface area (Å²) in [5, 5.41) is 21.1. The zero-order valence-corrected chi connectivity index (χ0v) is 16.5. The van der Waals surface area contributed by atoms with E-state index >= 15 is 0 Å². The van der Waals surface area contributed by atoms with Crippen molar-refractivity contribution in [2.45, 2.75) is 32.2 Å². The van der Waals surface area contributed by atoms with Gasteiger partial charge in [0.1, 0.15) is 5.76 Å². The number of carbonyl (C=O) groups excluding carboxylic acids is 2. The van der Waals surface area contributed by atoms with Gasteiger partial charge in [0.2, 0.25) is 0 Å². The Morgan fingerprint density at radius 3 is 2.52 bits per heavy atom. The number of amides is 1. The largest absolute Gasteiger partial charge is 0.507 e. The molecule has 1 saturated heterocycles. The summed E-state index contributed by atoms with van der Waals surface area (Å²) in [6, 6.07) is 7.06. The number of hydrogen-bond donors (Lipinski definition) is 2. The van der Waals surface area contributed by atoms with Gasteiger partial charge in [-0.05, 0) is 36.2 Å². The highest BCUT2D eigenvalue weighted by Crippen LogP contribution is 2.41. The maximum Gasteiger partial charge on any atom is 0.295 e. The number of methoxy groups -OCH3 is 1. The topological polar surface area (TPSA) is 100.0 Å². The number of phenolic OH excluding ortho intramolecular Hbond substituents is 1. The lowest BCUT2D eigenvalue weighted by atomic mass is 9.95. The molecular formula is C22H24N2O5. The first-order chi connectivity index (χ1) is 14.0. The highest BCUT2D eigenvalue weighted by Gasteiger charge is 2.45. The summed E-state index contributed by atoms with van der Waals surface area (Å²) in [6.45, 7) is 2.43. The molecule has 7 heteroatoms. The second-order valence-electron chi connectivity index (χ2n) is 6.87. The first-order valence-electron chi connectivity index (χ1n) is 9.55. The van der Waals surface area contributed by atoms with E-state index in [9.17, 15) is 19.8 Å². The van der Waals surface area contributed by atoms with Gasteiger partial charge < -0.3 is 19.8 Å². The van der Waals surface area contributed by atoms with Crippen LogP contribution >= 0.6 is 0 Å². The number of carbonyl (C=O) groups is 2. The van der Waals surface area contributed by atoms with E-state index in [2.05, 4.69) is 11.9 Å². The minimum absolute atomic E-state index is 0.00210. The van der Waals surface area contributed by atoms with Crippen molar-refractivity contribution < 1.29 is 24.5 Å². The van der Waals surface area contributed by atoms with Crippen LogP contribution in [0.2, 0.25) is 0 Å². The predicted molar refractivity (Wildman–Crippen MR) is 107 cm³/mol. The van der Waals surface area contributed by atoms with Crippen molar-refractivity contribution in [3.05, 3.63) is 59.4 Å². The molecule has 152 valence electrons. The Kier molecular flexibility index (Phi) is 6.16. The van der Waals surface area contributed by atoms with Crippen molar-refractivity contribution >= 4 is 17.4 Å². The minimum Gasteiger partial charge on any atom is -0.507 e. The van der Waals surface area contributed by atoms with E-state index in [4.69, 9.17) is 4.74 Å². The summed E-state index contributed by atoms with van der Waals surface area (Å²) in [5.74, 6) is -1.48. The molecule has 0 aliphatic carbocycles. The molecular weight excluding hydrogens is 372 g/mol. The average molecular weight is 396 g/mol. The van der Waals surface area contributed by atoms with Gasteiger partial charge in [-0.2, -0.15) is 0 Å². The molecule has 1 atom stereocenters. The van der Waals surface area contributed by atoms with Gasteiger partial charge in [-0.3, -0.25) is 14.6 Å². The van der Waals surface area contributed by atoms with E-state index < -0.39 is 17.7 Å². The van der Waals surface area contributed by atoms with Crippen LogP contribution in [0.1, 0.15) is 43.4 Å². The Bertz CT molecular complexity index is 939. The number of pyridine rings is 1. The normalized spacial score (nSPS) is 18.3. The van der Waals surface area contributed by atoms with E-state index in [0.717, 1.165) is 19.3 Å². The molecule has 0 radical (unpaired) electrons. The Balaban J connectivity index is 2.13. The smallest absolute Gasteiger partial charge is 0.295 e. The molecule has 1 fully saturated rings. The molecule has 1 unspecified atom stereocenters. The third-order valence-corrected chi connectivity index (χ3v) is 5.01. The number of phenols is 1. The van der Waals surface area contributed by atoms with Gasteiger partial charge in [-0.25, -0.2) is 0 Å². The Morgan fingerprint density at radius 1 is 1.17 bits per heavy atom. The Hall–Kier alpha value is -3.35. The van der Waals surface area contributed by atoms with Crippen LogP contribution in [0, 0.1) is 0 Å². The number of nitrogens with zero attached hydrogens (tertiary/aromatic N) is 2. The summed E-state index contributed by atoms with van der Waals surface area (Å²) < 4.78 is 5.09. The number of aromatic hydroxyl groups is 1. The van der Waals surface area contributed by atoms with Crippen LogP contribution in [0.5, 0.6) is 11.5 Å². The van der Waals surface area contributed by atoms with E-state index in [1.54, 1.807) is 24.3 Å². The number of aliphatic hydroxyl groups excluding tert-OH is 1. The first kappa shape index (κ1) is 20.4. The standard InChI is InChI=1S/C22H24N2O5/c1-3-4-5-12-24-19(15-6-7-17(29-2)16(25)13-15)18(21(27)22(24)28)20(26)14-8-10-23-11-9-14/h6-11,13,19,25-26H,3-5,12H2,1-2H3/b20-18-. The van der Waals surface area contributed by atoms with Crippen LogP contribution in [0.15, 0.2) is 48.3 Å². The fourth-order valence-electron chi connectivity index (χ4n) is 3.53. The molecule has 0 saturated carbocycles. The molecule has 7 nitrogen and oxygen atoms in total. The predicted octanol–water partition coefficient (Wildman–Crippen LogP) is 3.41. The summed E-state index contributed by atoms with van der Waals surface area (Å²) >= 11 is 0. The molecule has 3 rings (SSSR count). The van der Waals surface area contributed by atoms with Crippen molar-refractivity contribution in [2.24, 2.45) is 0 Å². The fourth-order valence-corrected chi connectivity index (χ4v) is 3.53. The fraction of sp³-hybridized carbons (Fsp3) is 0.318. The number of hydrogen-bond acceptors (Lipinski definition) is 6. The molecule has 2 aromatic rings. The van der Waals surface area contributed by atoms with E-state index in [1.807, 2.05) is 0 Å². The number of aliphatic hydroxyl groups is 1. The van der Waals surface area contributed by atoms with Crippen molar-refractivity contribution in [1.29, 1.82) is 0 Å². The maximum absolute atomic E-state index is 12.8. The Labute approximate surface area is 169 Å². The molecule has 2 heterocycles. The quantitative estimate of drug-likeness (QED) is 0.322. The molecule has 1 amide bonds. The third kappa shape index (κ3) is 3.94. The van der Waals surface area contributed by atoms with E-state index in [-0.39, 0.29) is 22.8 Å². The Morgan fingerprint density at radius 2 is 1.90 bits per heavy atom. The summed E-state index contributed by atoms with van der Waals surface area (Å²) in [5.41, 5.74) is 0.922. The highest BCUT2D eigenvalue weighted by molar-refractivity contribution is 6.46. The number of likely N-dealkylation sites (tertiary alicyclic amines) is 1. The molecule has 0 bridgehead atoms. The number of aromatic nitrogens is 1. The van der Waals surface area contributed by atoms with Gasteiger partial charge in [0.05, 0.1) is 18.7 Å². The minimum atomic E-state index is -0.795. The first-order valence-corrected chi connectivity index (χ1v) is 9.55. The maximum atomic E-state index is 12.8. The van der Waals surface area contributed by atoms with Crippen molar-refractivity contribution in [1.82, 2.24) is 9.88 Å². The summed E-state index contributed by atoms with van der Waals surface area (Å²) in [4.78, 5) is 31.0. The molecule has 1 aliphatic rings. The molecule has 29 heavy (non-hydrogen) atoms. The lowest BCUT2D eigenvalue weighted by Crippen LogP contribution is -2.30. The molecule has 0 spiro atoms. The van der Waals surface area contributed by atoms with Gasteiger partial charge >= 0.3 is 0 Å². The number of unbranched alkanes of at least 4 members (excludes halogenated alkanes) is 2. The second kappa shape index (κ2) is 8.77. The number of ether oxygens (including phenoxy) is 1. The van der Waals surface area contributed by atoms with Crippen molar-refractivity contribution in [3.63, 3.8) is 0 Å². The van der Waals surface area contributed by atoms with Gasteiger partial charge in [-0.15, -0.1) is 0 Å². The zero-order valence-electron chi connectivity index (χ0n) is 16.5. The highest BCUT2D eigenvalue weighted by atomic mass is 16.5. The molecule has 1 aromatic carbocycles. The molecule has 1 aromatic heterocycles. The van der Waals surface area contributed by atoms with Crippen molar-refractivity contribution in [3.8, 4) is 11.5 Å². The van der Waals surface area contributed by atoms with E-state index in [0.29, 0.717) is 17.7 Å². The van der Waals surface area contributed by atoms with Crippen LogP contribution in [-0.4, -0.2) is 45.4 Å². The summed E-state index contributed by atoms with van der Waals surface area (Å²) in [7, 11) is 1.44. The van der Waals surface area contributed by atoms with E-state index in [1.165, 1.54) is 30.5 Å². The number of Topliss-reactive ketones (excluding diaryl/α,β-unsaturated/α-hetero) is 1. The third-order valence-electron chi connectivity index (χ3n) is 5.01. The van der Waals surface area contributed by atoms with Crippen LogP contribution in [0.4, 0.5) is 0 Å². The monoisotopic (exact) mass is 396 g/mol. The second-order valence-corrected chi connectivity index (χ2v) is 6.87. The van der Waals surface area contributed by atoms with Crippen LogP contribution in [0.3, 0.4) is 0 Å². The molecule has 1 aliphatic heterocycles. The zero-order chi connectivity index (χ0) is 21.0. The van der Waals surface area contributed by atoms with Gasteiger partial charge in [-0.1, -0.05) is 25.8 Å². The SMILES string of the molecule is CCCCCN1C(=O)C(=O)/C(=C(\O)c2ccncc2)C1c1ccc(OC)c(O)c1. The van der Waals surface area contributed by atoms with Crippen LogP contribution in [0.25, 0.3) is 5.76 Å². The van der Waals surface area contributed by atoms with Crippen LogP contribution < -0.4 is 4.74 Å². The number of ketones is 1. The number of rotatable bonds is 7.